The fraction of sp³-hybridized carbons (Fsp3) is 0.320. The summed E-state index contributed by atoms with van der Waals surface area (Å²) in [5, 5.41) is 15.2. The zero-order chi connectivity index (χ0) is 27.8. The first-order valence-electron chi connectivity index (χ1n) is 11.5. The zero-order valence-corrected chi connectivity index (χ0v) is 19.9. The van der Waals surface area contributed by atoms with Crippen LogP contribution in [0.5, 0.6) is 0 Å². The first-order valence-corrected chi connectivity index (χ1v) is 11.5. The number of fused-ring (bicyclic) bond motifs is 1. The number of nitrogens with one attached hydrogen (secondary N) is 1. The van der Waals surface area contributed by atoms with Gasteiger partial charge in [0.1, 0.15) is 11.4 Å². The minimum absolute atomic E-state index is 0.0104. The summed E-state index contributed by atoms with van der Waals surface area (Å²) < 4.78 is 81.7. The van der Waals surface area contributed by atoms with Crippen LogP contribution in [0.1, 0.15) is 62.5 Å². The van der Waals surface area contributed by atoms with Crippen LogP contribution in [0.25, 0.3) is 0 Å². The lowest BCUT2D eigenvalue weighted by atomic mass is 10.0. The number of carboxylic acids is 1. The van der Waals surface area contributed by atoms with Gasteiger partial charge in [-0.25, -0.2) is 9.48 Å². The van der Waals surface area contributed by atoms with Gasteiger partial charge in [-0.05, 0) is 48.7 Å². The molecule has 2 aromatic carbocycles. The van der Waals surface area contributed by atoms with Gasteiger partial charge in [0.05, 0.1) is 17.2 Å². The number of rotatable bonds is 6. The monoisotopic (exact) mass is 540 g/mol. The molecule has 1 amide bonds. The van der Waals surface area contributed by atoms with E-state index in [1.54, 1.807) is 0 Å². The average molecular weight is 540 g/mol. The van der Waals surface area contributed by atoms with Crippen LogP contribution in [0, 0.1) is 0 Å². The summed E-state index contributed by atoms with van der Waals surface area (Å²) in [6, 6.07) is 9.02. The normalized spacial score (nSPS) is 14.7. The highest BCUT2D eigenvalue weighted by Crippen LogP contribution is 2.38. The first kappa shape index (κ1) is 27.0. The van der Waals surface area contributed by atoms with Crippen LogP contribution < -0.4 is 10.2 Å². The number of hydrogen-bond donors (Lipinski definition) is 2. The molecule has 0 bridgehead atoms. The number of amides is 1. The van der Waals surface area contributed by atoms with Crippen LogP contribution in [-0.2, 0) is 25.4 Å². The maximum absolute atomic E-state index is 13.9. The van der Waals surface area contributed by atoms with Crippen molar-refractivity contribution >= 4 is 17.7 Å². The summed E-state index contributed by atoms with van der Waals surface area (Å²) in [5.74, 6) is -2.26. The molecule has 0 fully saturated rings. The van der Waals surface area contributed by atoms with Gasteiger partial charge < -0.3 is 15.3 Å². The van der Waals surface area contributed by atoms with E-state index in [1.165, 1.54) is 48.2 Å². The maximum atomic E-state index is 13.9. The SMILES string of the molecule is CC(NC(=O)c1c(C(F)(F)F)nn2c1N(Cc1ccc(C(F)(F)F)cc1)CCC2)c1ccc(C(=O)O)cc1. The molecular weight excluding hydrogens is 518 g/mol. The van der Waals surface area contributed by atoms with Crippen molar-refractivity contribution in [3.8, 4) is 0 Å². The Balaban J connectivity index is 1.65. The number of carboxylic acid groups (broad SMARTS) is 1. The molecular formula is C25H22F6N4O3. The summed E-state index contributed by atoms with van der Waals surface area (Å²) in [4.78, 5) is 25.8. The van der Waals surface area contributed by atoms with E-state index in [0.29, 0.717) is 17.5 Å². The van der Waals surface area contributed by atoms with Crippen LogP contribution in [0.2, 0.25) is 0 Å². The van der Waals surface area contributed by atoms with Crippen molar-refractivity contribution in [2.24, 2.45) is 0 Å². The van der Waals surface area contributed by atoms with E-state index in [1.807, 2.05) is 0 Å². The van der Waals surface area contributed by atoms with Gasteiger partial charge in [-0.2, -0.15) is 31.4 Å². The van der Waals surface area contributed by atoms with E-state index < -0.39 is 47.1 Å². The Morgan fingerprint density at radius 3 is 2.16 bits per heavy atom. The fourth-order valence-corrected chi connectivity index (χ4v) is 4.30. The van der Waals surface area contributed by atoms with E-state index in [2.05, 4.69) is 10.4 Å². The molecule has 38 heavy (non-hydrogen) atoms. The van der Waals surface area contributed by atoms with E-state index in [9.17, 15) is 35.9 Å². The van der Waals surface area contributed by atoms with Crippen molar-refractivity contribution in [3.63, 3.8) is 0 Å². The summed E-state index contributed by atoms with van der Waals surface area (Å²) in [7, 11) is 0. The number of halogens is 6. The molecule has 13 heteroatoms. The lowest BCUT2D eigenvalue weighted by Gasteiger charge is -2.30. The Morgan fingerprint density at radius 2 is 1.61 bits per heavy atom. The molecule has 202 valence electrons. The number of anilines is 1. The van der Waals surface area contributed by atoms with Crippen molar-refractivity contribution < 1.29 is 41.0 Å². The van der Waals surface area contributed by atoms with Gasteiger partial charge >= 0.3 is 18.3 Å². The minimum Gasteiger partial charge on any atom is -0.478 e. The van der Waals surface area contributed by atoms with Crippen molar-refractivity contribution in [3.05, 3.63) is 82.0 Å². The lowest BCUT2D eigenvalue weighted by molar-refractivity contribution is -0.142. The second kappa shape index (κ2) is 10.0. The smallest absolute Gasteiger partial charge is 0.436 e. The lowest BCUT2D eigenvalue weighted by Crippen LogP contribution is -2.35. The third-order valence-corrected chi connectivity index (χ3v) is 6.18. The number of hydrogen-bond acceptors (Lipinski definition) is 4. The molecule has 3 aromatic rings. The van der Waals surface area contributed by atoms with Crippen LogP contribution in [0.4, 0.5) is 32.2 Å². The minimum atomic E-state index is -4.94. The van der Waals surface area contributed by atoms with Gasteiger partial charge in [-0.15, -0.1) is 0 Å². The Hall–Kier alpha value is -4.03. The molecule has 1 aromatic heterocycles. The number of carbonyl (C=O) groups excluding carboxylic acids is 1. The summed E-state index contributed by atoms with van der Waals surface area (Å²) in [6.45, 7) is 1.89. The van der Waals surface area contributed by atoms with E-state index in [-0.39, 0.29) is 31.0 Å². The van der Waals surface area contributed by atoms with Gasteiger partial charge in [-0.3, -0.25) is 4.79 Å². The quantitative estimate of drug-likeness (QED) is 0.402. The van der Waals surface area contributed by atoms with Gasteiger partial charge in [0.25, 0.3) is 5.91 Å². The number of benzene rings is 2. The average Bonchev–Trinajstić information content (AvgIpc) is 3.25. The van der Waals surface area contributed by atoms with Crippen molar-refractivity contribution in [2.45, 2.75) is 44.8 Å². The number of aryl methyl sites for hydroxylation is 1. The molecule has 0 saturated carbocycles. The third-order valence-electron chi connectivity index (χ3n) is 6.18. The zero-order valence-electron chi connectivity index (χ0n) is 19.9. The topological polar surface area (TPSA) is 87.5 Å². The van der Waals surface area contributed by atoms with Gasteiger partial charge in [0, 0.05) is 19.6 Å². The molecule has 0 aliphatic carbocycles. The van der Waals surface area contributed by atoms with Crippen LogP contribution in [0.15, 0.2) is 48.5 Å². The molecule has 0 saturated heterocycles. The standard InChI is InChI=1S/C25H22F6N4O3/c1-14(16-5-7-17(8-6-16)23(37)38)32-21(36)19-20(25(29,30)31)33-35-12-2-11-34(22(19)35)13-15-3-9-18(10-4-15)24(26,27)28/h3-10,14H,2,11-13H2,1H3,(H,32,36)(H,37,38). The number of aromatic nitrogens is 2. The third kappa shape index (κ3) is 5.60. The predicted octanol–water partition coefficient (Wildman–Crippen LogP) is 5.52. The largest absolute Gasteiger partial charge is 0.478 e. The highest BCUT2D eigenvalue weighted by molar-refractivity contribution is 6.01. The van der Waals surface area contributed by atoms with E-state index in [0.717, 1.165) is 16.8 Å². The fourth-order valence-electron chi connectivity index (χ4n) is 4.30. The van der Waals surface area contributed by atoms with Gasteiger partial charge in [0.15, 0.2) is 5.69 Å². The van der Waals surface area contributed by atoms with Crippen molar-refractivity contribution in [1.29, 1.82) is 0 Å². The highest BCUT2D eigenvalue weighted by atomic mass is 19.4. The number of carbonyl (C=O) groups is 2. The molecule has 4 rings (SSSR count). The number of aromatic carboxylic acids is 1. The molecule has 0 radical (unpaired) electrons. The first-order chi connectivity index (χ1) is 17.8. The Morgan fingerprint density at radius 1 is 0.974 bits per heavy atom. The molecule has 1 atom stereocenters. The van der Waals surface area contributed by atoms with Gasteiger partial charge in [0.2, 0.25) is 0 Å². The molecule has 7 nitrogen and oxygen atoms in total. The Labute approximate surface area is 212 Å². The number of nitrogens with zero attached hydrogens (tertiary/aromatic N) is 3. The van der Waals surface area contributed by atoms with Crippen molar-refractivity contribution in [2.75, 3.05) is 11.4 Å². The molecule has 1 aliphatic heterocycles. The van der Waals surface area contributed by atoms with Crippen LogP contribution >= 0.6 is 0 Å². The van der Waals surface area contributed by atoms with Crippen molar-refractivity contribution in [1.82, 2.24) is 15.1 Å². The van der Waals surface area contributed by atoms with E-state index >= 15 is 0 Å². The van der Waals surface area contributed by atoms with Gasteiger partial charge in [-0.1, -0.05) is 24.3 Å². The molecule has 2 heterocycles. The second-order valence-electron chi connectivity index (χ2n) is 8.86. The van der Waals surface area contributed by atoms with Crippen LogP contribution in [0.3, 0.4) is 0 Å². The molecule has 2 N–H and O–H groups in total. The molecule has 0 spiro atoms. The summed E-state index contributed by atoms with van der Waals surface area (Å²) in [5.41, 5.74) is -2.00. The second-order valence-corrected chi connectivity index (χ2v) is 8.86. The Bertz CT molecular complexity index is 1330. The number of alkyl halides is 6. The van der Waals surface area contributed by atoms with E-state index in [4.69, 9.17) is 5.11 Å². The summed E-state index contributed by atoms with van der Waals surface area (Å²) >= 11 is 0. The maximum Gasteiger partial charge on any atom is 0.436 e. The Kier molecular flexibility index (Phi) is 7.13. The van der Waals surface area contributed by atoms with Crippen LogP contribution in [-0.4, -0.2) is 33.3 Å². The summed E-state index contributed by atoms with van der Waals surface area (Å²) in [6.07, 6.45) is -9.05. The highest BCUT2D eigenvalue weighted by Gasteiger charge is 2.43. The predicted molar refractivity (Wildman–Crippen MR) is 124 cm³/mol. The molecule has 1 aliphatic rings. The molecule has 1 unspecified atom stereocenters.